The van der Waals surface area contributed by atoms with Crippen molar-refractivity contribution in [2.45, 2.75) is 37.8 Å². The van der Waals surface area contributed by atoms with Crippen molar-refractivity contribution in [2.75, 3.05) is 4.90 Å². The minimum atomic E-state index is -0.464. The highest BCUT2D eigenvalue weighted by molar-refractivity contribution is 9.10. The number of benzene rings is 1. The van der Waals surface area contributed by atoms with Crippen LogP contribution in [0.5, 0.6) is 0 Å². The van der Waals surface area contributed by atoms with Crippen LogP contribution >= 0.6 is 15.9 Å². The second kappa shape index (κ2) is 6.18. The summed E-state index contributed by atoms with van der Waals surface area (Å²) in [6.45, 7) is 0. The minimum Gasteiger partial charge on any atom is -0.369 e. The minimum absolute atomic E-state index is 0.259. The van der Waals surface area contributed by atoms with E-state index in [4.69, 9.17) is 16.5 Å². The molecule has 0 amide bonds. The molecule has 130 valence electrons. The van der Waals surface area contributed by atoms with Crippen LogP contribution in [-0.2, 0) is 0 Å². The van der Waals surface area contributed by atoms with Gasteiger partial charge in [-0.15, -0.1) is 0 Å². The number of guanidine groups is 2. The molecular weight excluding hydrogens is 382 g/mol. The normalized spacial score (nSPS) is 19.6. The number of hydrogen-bond acceptors (Lipinski definition) is 6. The second-order valence-corrected chi connectivity index (χ2v) is 7.33. The van der Waals surface area contributed by atoms with Gasteiger partial charge in [0, 0.05) is 6.20 Å². The number of anilines is 1. The predicted octanol–water partition coefficient (Wildman–Crippen LogP) is 2.74. The van der Waals surface area contributed by atoms with Crippen LogP contribution in [-0.4, -0.2) is 27.4 Å². The predicted molar refractivity (Wildman–Crippen MR) is 103 cm³/mol. The number of aliphatic imine (C=N–C) groups is 2. The first-order valence-electron chi connectivity index (χ1n) is 8.38. The van der Waals surface area contributed by atoms with E-state index in [-0.39, 0.29) is 5.96 Å². The summed E-state index contributed by atoms with van der Waals surface area (Å²) < 4.78 is 2.74. The molecule has 1 spiro atoms. The summed E-state index contributed by atoms with van der Waals surface area (Å²) in [5.41, 5.74) is 13.7. The highest BCUT2D eigenvalue weighted by atomic mass is 79.9. The average molecular weight is 402 g/mol. The van der Waals surface area contributed by atoms with Crippen LogP contribution < -0.4 is 16.4 Å². The third-order valence-corrected chi connectivity index (χ3v) is 5.18. The van der Waals surface area contributed by atoms with Crippen LogP contribution in [0.1, 0.15) is 32.1 Å². The molecule has 2 aromatic rings. The van der Waals surface area contributed by atoms with Crippen molar-refractivity contribution in [1.29, 1.82) is 0 Å². The first-order valence-corrected chi connectivity index (χ1v) is 9.18. The van der Waals surface area contributed by atoms with E-state index in [0.29, 0.717) is 5.96 Å². The summed E-state index contributed by atoms with van der Waals surface area (Å²) in [6.07, 6.45) is 8.88. The monoisotopic (exact) mass is 401 g/mol. The van der Waals surface area contributed by atoms with E-state index in [0.717, 1.165) is 41.5 Å². The molecule has 25 heavy (non-hydrogen) atoms. The molecule has 4 rings (SSSR count). The highest BCUT2D eigenvalue weighted by Gasteiger charge is 2.43. The molecule has 8 heteroatoms. The standard InChI is InChI=1S/C17H20BrN7/c18-12-10-21-24(11-12)13-6-2-3-7-14(13)25-16(20)22-15(19)23-17(25)8-4-1-5-9-17/h2-3,6-7,10-11H,1,4-5,8-9H2,(H4,19,20,22,23). The highest BCUT2D eigenvalue weighted by Crippen LogP contribution is 2.41. The maximum absolute atomic E-state index is 6.34. The Kier molecular flexibility index (Phi) is 3.99. The van der Waals surface area contributed by atoms with Gasteiger partial charge in [0.15, 0.2) is 0 Å². The Morgan fingerprint density at radius 2 is 1.76 bits per heavy atom. The molecule has 0 bridgehead atoms. The van der Waals surface area contributed by atoms with Gasteiger partial charge in [-0.05, 0) is 53.7 Å². The Morgan fingerprint density at radius 3 is 2.44 bits per heavy atom. The number of rotatable bonds is 2. The molecule has 7 nitrogen and oxygen atoms in total. The second-order valence-electron chi connectivity index (χ2n) is 6.41. The molecule has 0 saturated heterocycles. The molecule has 1 aliphatic carbocycles. The van der Waals surface area contributed by atoms with Gasteiger partial charge in [0.05, 0.1) is 22.0 Å². The van der Waals surface area contributed by atoms with Gasteiger partial charge in [-0.25, -0.2) is 9.67 Å². The van der Waals surface area contributed by atoms with E-state index in [1.807, 2.05) is 40.0 Å². The topological polar surface area (TPSA) is 97.8 Å². The number of nitrogens with zero attached hydrogens (tertiary/aromatic N) is 5. The largest absolute Gasteiger partial charge is 0.369 e. The van der Waals surface area contributed by atoms with Crippen LogP contribution in [0.15, 0.2) is 51.1 Å². The number of para-hydroxylation sites is 2. The van der Waals surface area contributed by atoms with E-state index in [1.165, 1.54) is 6.42 Å². The molecule has 1 fully saturated rings. The third-order valence-electron chi connectivity index (χ3n) is 4.77. The molecule has 1 saturated carbocycles. The zero-order chi connectivity index (χ0) is 17.4. The quantitative estimate of drug-likeness (QED) is 0.807. The summed E-state index contributed by atoms with van der Waals surface area (Å²) in [4.78, 5) is 11.0. The summed E-state index contributed by atoms with van der Waals surface area (Å²) in [5.74, 6) is 0.642. The van der Waals surface area contributed by atoms with Crippen molar-refractivity contribution in [3.05, 3.63) is 41.1 Å². The van der Waals surface area contributed by atoms with Gasteiger partial charge >= 0.3 is 0 Å². The van der Waals surface area contributed by atoms with Gasteiger partial charge in [-0.1, -0.05) is 18.6 Å². The van der Waals surface area contributed by atoms with E-state index >= 15 is 0 Å². The number of hydrogen-bond donors (Lipinski definition) is 2. The lowest BCUT2D eigenvalue weighted by molar-refractivity contribution is 0.305. The fraction of sp³-hybridized carbons (Fsp3) is 0.353. The molecule has 2 heterocycles. The number of halogens is 1. The zero-order valence-corrected chi connectivity index (χ0v) is 15.4. The van der Waals surface area contributed by atoms with Crippen LogP contribution in [0.3, 0.4) is 0 Å². The van der Waals surface area contributed by atoms with Crippen molar-refractivity contribution < 1.29 is 0 Å². The van der Waals surface area contributed by atoms with Crippen molar-refractivity contribution in [3.63, 3.8) is 0 Å². The smallest absolute Gasteiger partial charge is 0.220 e. The molecular formula is C17H20BrN7. The van der Waals surface area contributed by atoms with E-state index in [2.05, 4.69) is 26.0 Å². The zero-order valence-electron chi connectivity index (χ0n) is 13.8. The third kappa shape index (κ3) is 2.80. The average Bonchev–Trinajstić information content (AvgIpc) is 3.01. The first-order chi connectivity index (χ1) is 12.1. The number of aromatic nitrogens is 2. The van der Waals surface area contributed by atoms with Gasteiger partial charge in [0.2, 0.25) is 11.9 Å². The molecule has 2 aliphatic rings. The Hall–Kier alpha value is -2.35. The lowest BCUT2D eigenvalue weighted by Crippen LogP contribution is -2.58. The van der Waals surface area contributed by atoms with Crippen molar-refractivity contribution in [3.8, 4) is 5.69 Å². The van der Waals surface area contributed by atoms with E-state index in [9.17, 15) is 0 Å². The van der Waals surface area contributed by atoms with Crippen LogP contribution in [0.2, 0.25) is 0 Å². The Balaban J connectivity index is 1.86. The van der Waals surface area contributed by atoms with Crippen molar-refractivity contribution >= 4 is 33.5 Å². The van der Waals surface area contributed by atoms with Gasteiger partial charge in [-0.2, -0.15) is 10.1 Å². The first kappa shape index (κ1) is 16.1. The molecule has 0 atom stereocenters. The van der Waals surface area contributed by atoms with Gasteiger partial charge in [0.1, 0.15) is 5.66 Å². The lowest BCUT2D eigenvalue weighted by Gasteiger charge is -2.46. The molecule has 1 aromatic heterocycles. The van der Waals surface area contributed by atoms with Gasteiger partial charge in [-0.3, -0.25) is 4.90 Å². The summed E-state index contributed by atoms with van der Waals surface area (Å²) in [5, 5.41) is 4.42. The molecule has 1 aliphatic heterocycles. The Morgan fingerprint density at radius 1 is 1.04 bits per heavy atom. The molecule has 0 radical (unpaired) electrons. The Bertz CT molecular complexity index is 848. The van der Waals surface area contributed by atoms with Crippen LogP contribution in [0.4, 0.5) is 5.69 Å². The summed E-state index contributed by atoms with van der Waals surface area (Å²) >= 11 is 3.46. The fourth-order valence-electron chi connectivity index (χ4n) is 3.75. The SMILES string of the molecule is NC1=NC2(CCCCC2)N(c2ccccc2-n2cc(Br)cn2)C(N)=N1. The van der Waals surface area contributed by atoms with Crippen LogP contribution in [0, 0.1) is 0 Å². The molecule has 1 aromatic carbocycles. The number of nitrogens with two attached hydrogens (primary N) is 2. The Labute approximate surface area is 154 Å². The van der Waals surface area contributed by atoms with E-state index in [1.54, 1.807) is 6.20 Å². The van der Waals surface area contributed by atoms with Crippen LogP contribution in [0.25, 0.3) is 5.69 Å². The van der Waals surface area contributed by atoms with Crippen molar-refractivity contribution in [1.82, 2.24) is 9.78 Å². The van der Waals surface area contributed by atoms with E-state index < -0.39 is 5.66 Å². The summed E-state index contributed by atoms with van der Waals surface area (Å²) in [6, 6.07) is 8.01. The maximum Gasteiger partial charge on any atom is 0.220 e. The molecule has 0 unspecified atom stereocenters. The van der Waals surface area contributed by atoms with Crippen molar-refractivity contribution in [2.24, 2.45) is 21.5 Å². The summed E-state index contributed by atoms with van der Waals surface area (Å²) in [7, 11) is 0. The fourth-order valence-corrected chi connectivity index (χ4v) is 4.03. The lowest BCUT2D eigenvalue weighted by atomic mass is 9.87. The van der Waals surface area contributed by atoms with Gasteiger partial charge < -0.3 is 11.5 Å². The maximum atomic E-state index is 6.34. The molecule has 4 N–H and O–H groups in total. The van der Waals surface area contributed by atoms with Gasteiger partial charge in [0.25, 0.3) is 0 Å².